The second-order valence-electron chi connectivity index (χ2n) is 10.1. The van der Waals surface area contributed by atoms with Crippen molar-refractivity contribution in [3.8, 4) is 0 Å². The van der Waals surface area contributed by atoms with Gasteiger partial charge in [0.15, 0.2) is 0 Å². The van der Waals surface area contributed by atoms with Crippen molar-refractivity contribution < 1.29 is 18.0 Å². The highest BCUT2D eigenvalue weighted by atomic mass is 32.2. The lowest BCUT2D eigenvalue weighted by molar-refractivity contribution is -0.134. The van der Waals surface area contributed by atoms with Crippen molar-refractivity contribution >= 4 is 33.2 Å². The molecule has 3 aliphatic heterocycles. The number of hydrogen-bond acceptors (Lipinski definition) is 4. The molecule has 1 saturated heterocycles. The lowest BCUT2D eigenvalue weighted by Gasteiger charge is -2.30. The Kier molecular flexibility index (Phi) is 6.34. The number of carbonyl (C=O) groups is 2. The van der Waals surface area contributed by atoms with Gasteiger partial charge < -0.3 is 9.80 Å². The summed E-state index contributed by atoms with van der Waals surface area (Å²) < 4.78 is 28.7. The van der Waals surface area contributed by atoms with Crippen LogP contribution in [-0.4, -0.2) is 50.8 Å². The molecule has 0 aliphatic carbocycles. The number of benzene rings is 2. The quantitative estimate of drug-likeness (QED) is 0.633. The molecule has 0 unspecified atom stereocenters. The maximum Gasteiger partial charge on any atom is 0.264 e. The SMILES string of the molecule is CC1CCN(C(=O)CCC(=O)N2CCc3cc(S(=O)(=O)N4c5ccccc5C[C@@H]4C)ccc32)CC1. The fourth-order valence-electron chi connectivity index (χ4n) is 5.58. The zero-order chi connectivity index (χ0) is 24.7. The van der Waals surface area contributed by atoms with E-state index in [-0.39, 0.29) is 35.6 Å². The van der Waals surface area contributed by atoms with Gasteiger partial charge in [0, 0.05) is 44.2 Å². The number of hydrogen-bond donors (Lipinski definition) is 0. The van der Waals surface area contributed by atoms with Crippen LogP contribution in [0.3, 0.4) is 0 Å². The van der Waals surface area contributed by atoms with Gasteiger partial charge in [-0.25, -0.2) is 8.42 Å². The average Bonchev–Trinajstić information content (AvgIpc) is 3.42. The van der Waals surface area contributed by atoms with Crippen LogP contribution in [0.15, 0.2) is 47.4 Å². The van der Waals surface area contributed by atoms with Gasteiger partial charge in [0.05, 0.1) is 10.6 Å². The molecule has 1 atom stereocenters. The van der Waals surface area contributed by atoms with Crippen LogP contribution in [0, 0.1) is 5.92 Å². The number of anilines is 2. The molecular formula is C27H33N3O4S. The Morgan fingerprint density at radius 3 is 2.37 bits per heavy atom. The Morgan fingerprint density at radius 2 is 1.60 bits per heavy atom. The zero-order valence-corrected chi connectivity index (χ0v) is 21.3. The van der Waals surface area contributed by atoms with Gasteiger partial charge >= 0.3 is 0 Å². The molecule has 5 rings (SSSR count). The van der Waals surface area contributed by atoms with E-state index in [9.17, 15) is 18.0 Å². The topological polar surface area (TPSA) is 78.0 Å². The largest absolute Gasteiger partial charge is 0.343 e. The average molecular weight is 496 g/mol. The molecule has 2 aromatic carbocycles. The highest BCUT2D eigenvalue weighted by Gasteiger charge is 2.37. The minimum absolute atomic E-state index is 0.0473. The molecule has 0 bridgehead atoms. The summed E-state index contributed by atoms with van der Waals surface area (Å²) in [6.45, 7) is 6.20. The van der Waals surface area contributed by atoms with E-state index in [4.69, 9.17) is 0 Å². The first-order valence-electron chi connectivity index (χ1n) is 12.6. The first kappa shape index (κ1) is 23.9. The number of nitrogens with zero attached hydrogens (tertiary/aromatic N) is 3. The standard InChI is InChI=1S/C27H33N3O4S/c1-19-11-14-28(15-12-19)26(31)9-10-27(32)29-16-13-22-18-23(7-8-24(22)29)35(33,34)30-20(2)17-21-5-3-4-6-25(21)30/h3-8,18-20H,9-17H2,1-2H3/t20-/m0/s1. The van der Waals surface area contributed by atoms with Crippen molar-refractivity contribution in [2.24, 2.45) is 5.92 Å². The second-order valence-corrected chi connectivity index (χ2v) is 11.9. The van der Waals surface area contributed by atoms with E-state index in [1.54, 1.807) is 23.1 Å². The minimum Gasteiger partial charge on any atom is -0.343 e. The van der Waals surface area contributed by atoms with Gasteiger partial charge in [-0.2, -0.15) is 0 Å². The van der Waals surface area contributed by atoms with Gasteiger partial charge in [-0.05, 0) is 73.9 Å². The smallest absolute Gasteiger partial charge is 0.264 e. The van der Waals surface area contributed by atoms with E-state index >= 15 is 0 Å². The third kappa shape index (κ3) is 4.44. The monoisotopic (exact) mass is 495 g/mol. The summed E-state index contributed by atoms with van der Waals surface area (Å²) in [5, 5.41) is 0. The molecule has 3 aliphatic rings. The molecule has 1 fully saturated rings. The normalized spacial score (nSPS) is 20.2. The summed E-state index contributed by atoms with van der Waals surface area (Å²) >= 11 is 0. The molecule has 3 heterocycles. The zero-order valence-electron chi connectivity index (χ0n) is 20.4. The van der Waals surface area contributed by atoms with Gasteiger partial charge in [-0.15, -0.1) is 0 Å². The number of rotatable bonds is 5. The van der Waals surface area contributed by atoms with Crippen molar-refractivity contribution in [3.05, 3.63) is 53.6 Å². The Bertz CT molecular complexity index is 1250. The lowest BCUT2D eigenvalue weighted by atomic mass is 9.99. The number of para-hydroxylation sites is 1. The lowest BCUT2D eigenvalue weighted by Crippen LogP contribution is -2.38. The summed E-state index contributed by atoms with van der Waals surface area (Å²) in [6, 6.07) is 12.5. The van der Waals surface area contributed by atoms with Crippen LogP contribution in [0.5, 0.6) is 0 Å². The van der Waals surface area contributed by atoms with Crippen molar-refractivity contribution in [1.82, 2.24) is 4.90 Å². The Balaban J connectivity index is 1.28. The summed E-state index contributed by atoms with van der Waals surface area (Å²) in [4.78, 5) is 29.3. The Morgan fingerprint density at radius 1 is 0.886 bits per heavy atom. The molecule has 0 N–H and O–H groups in total. The fraction of sp³-hybridized carbons (Fsp3) is 0.481. The van der Waals surface area contributed by atoms with Crippen LogP contribution in [0.2, 0.25) is 0 Å². The van der Waals surface area contributed by atoms with Crippen LogP contribution in [0.4, 0.5) is 11.4 Å². The fourth-order valence-corrected chi connectivity index (χ4v) is 7.32. The summed E-state index contributed by atoms with van der Waals surface area (Å²) in [6.07, 6.45) is 3.73. The Hall–Kier alpha value is -2.87. The van der Waals surface area contributed by atoms with E-state index < -0.39 is 10.0 Å². The minimum atomic E-state index is -3.72. The van der Waals surface area contributed by atoms with Crippen LogP contribution in [-0.2, 0) is 32.5 Å². The van der Waals surface area contributed by atoms with Crippen LogP contribution < -0.4 is 9.21 Å². The molecule has 2 amide bonds. The van der Waals surface area contributed by atoms with Crippen molar-refractivity contribution in [1.29, 1.82) is 0 Å². The number of likely N-dealkylation sites (tertiary alicyclic amines) is 1. The maximum atomic E-state index is 13.6. The molecular weight excluding hydrogens is 462 g/mol. The van der Waals surface area contributed by atoms with Gasteiger partial charge in [-0.3, -0.25) is 13.9 Å². The second kappa shape index (κ2) is 9.30. The third-order valence-electron chi connectivity index (χ3n) is 7.64. The summed E-state index contributed by atoms with van der Waals surface area (Å²) in [7, 11) is -3.72. The molecule has 2 aromatic rings. The van der Waals surface area contributed by atoms with E-state index in [1.165, 1.54) is 4.31 Å². The summed E-state index contributed by atoms with van der Waals surface area (Å²) in [5.74, 6) is 0.616. The van der Waals surface area contributed by atoms with Crippen molar-refractivity contribution in [2.75, 3.05) is 28.8 Å². The molecule has 7 nitrogen and oxygen atoms in total. The molecule has 0 aromatic heterocycles. The maximum absolute atomic E-state index is 13.6. The third-order valence-corrected chi connectivity index (χ3v) is 9.56. The Labute approximate surface area is 207 Å². The first-order valence-corrected chi connectivity index (χ1v) is 14.0. The van der Waals surface area contributed by atoms with Gasteiger partial charge in [-0.1, -0.05) is 25.1 Å². The number of fused-ring (bicyclic) bond motifs is 2. The van der Waals surface area contributed by atoms with Crippen LogP contribution >= 0.6 is 0 Å². The molecule has 0 radical (unpaired) electrons. The van der Waals surface area contributed by atoms with E-state index in [0.29, 0.717) is 25.3 Å². The van der Waals surface area contributed by atoms with E-state index in [1.807, 2.05) is 36.1 Å². The van der Waals surface area contributed by atoms with Gasteiger partial charge in [0.25, 0.3) is 10.0 Å². The first-order chi connectivity index (χ1) is 16.8. The highest BCUT2D eigenvalue weighted by molar-refractivity contribution is 7.92. The number of amides is 2. The molecule has 8 heteroatoms. The predicted molar refractivity (Wildman–Crippen MR) is 136 cm³/mol. The number of piperidine rings is 1. The van der Waals surface area contributed by atoms with Crippen LogP contribution in [0.25, 0.3) is 0 Å². The molecule has 0 spiro atoms. The van der Waals surface area contributed by atoms with E-state index in [2.05, 4.69) is 6.92 Å². The molecule has 186 valence electrons. The predicted octanol–water partition coefficient (Wildman–Crippen LogP) is 3.75. The molecule has 0 saturated carbocycles. The van der Waals surface area contributed by atoms with Crippen molar-refractivity contribution in [3.63, 3.8) is 0 Å². The van der Waals surface area contributed by atoms with Crippen molar-refractivity contribution in [2.45, 2.75) is 63.3 Å². The van der Waals surface area contributed by atoms with Gasteiger partial charge in [0.1, 0.15) is 0 Å². The number of sulfonamides is 1. The van der Waals surface area contributed by atoms with E-state index in [0.717, 1.165) is 48.4 Å². The molecule has 35 heavy (non-hydrogen) atoms. The highest BCUT2D eigenvalue weighted by Crippen LogP contribution is 2.38. The summed E-state index contributed by atoms with van der Waals surface area (Å²) in [5.41, 5.74) is 3.39. The number of carbonyl (C=O) groups excluding carboxylic acids is 2. The van der Waals surface area contributed by atoms with Gasteiger partial charge in [0.2, 0.25) is 11.8 Å². The van der Waals surface area contributed by atoms with Crippen LogP contribution in [0.1, 0.15) is 50.7 Å².